The fourth-order valence-electron chi connectivity index (χ4n) is 3.93. The maximum atomic E-state index is 12.9. The Labute approximate surface area is 195 Å². The lowest BCUT2D eigenvalue weighted by molar-refractivity contribution is 0.0532. The summed E-state index contributed by atoms with van der Waals surface area (Å²) in [5.74, 6) is -0.633. The molecule has 1 aliphatic carbocycles. The van der Waals surface area contributed by atoms with Crippen LogP contribution in [0, 0.1) is 12.8 Å². The minimum absolute atomic E-state index is 0.0314. The van der Waals surface area contributed by atoms with Gasteiger partial charge in [-0.3, -0.25) is 9.59 Å². The Hall–Kier alpha value is -2.98. The van der Waals surface area contributed by atoms with E-state index in [1.54, 1.807) is 6.92 Å². The third kappa shape index (κ3) is 5.51. The molecule has 1 aliphatic rings. The van der Waals surface area contributed by atoms with Gasteiger partial charge in [-0.2, -0.15) is 14.3 Å². The van der Waals surface area contributed by atoms with E-state index in [0.29, 0.717) is 4.57 Å². The second-order valence-electron chi connectivity index (χ2n) is 8.09. The predicted molar refractivity (Wildman–Crippen MR) is 123 cm³/mol. The summed E-state index contributed by atoms with van der Waals surface area (Å²) in [7, 11) is 0. The molecule has 0 radical (unpaired) electrons. The summed E-state index contributed by atoms with van der Waals surface area (Å²) >= 11 is 6.22. The van der Waals surface area contributed by atoms with Gasteiger partial charge in [0, 0.05) is 12.5 Å². The van der Waals surface area contributed by atoms with Crippen LogP contribution in [0.15, 0.2) is 27.8 Å². The van der Waals surface area contributed by atoms with Crippen molar-refractivity contribution in [1.82, 2.24) is 25.0 Å². The molecule has 1 aromatic heterocycles. The van der Waals surface area contributed by atoms with Crippen molar-refractivity contribution in [2.75, 3.05) is 6.54 Å². The van der Waals surface area contributed by atoms with E-state index in [9.17, 15) is 24.3 Å². The van der Waals surface area contributed by atoms with Gasteiger partial charge in [-0.1, -0.05) is 37.3 Å². The van der Waals surface area contributed by atoms with Crippen LogP contribution in [0.2, 0.25) is 5.02 Å². The number of aryl methyl sites for hydroxylation is 1. The molecule has 1 fully saturated rings. The Morgan fingerprint density at radius 3 is 2.52 bits per heavy atom. The van der Waals surface area contributed by atoms with Crippen molar-refractivity contribution in [1.29, 1.82) is 0 Å². The monoisotopic (exact) mass is 477 g/mol. The summed E-state index contributed by atoms with van der Waals surface area (Å²) < 4.78 is 1.32. The number of nitrogens with one attached hydrogen (secondary N) is 2. The minimum Gasteiger partial charge on any atom is -0.373 e. The first kappa shape index (κ1) is 24.7. The van der Waals surface area contributed by atoms with Crippen LogP contribution in [0.25, 0.3) is 5.69 Å². The molecule has 0 aliphatic heterocycles. The number of aliphatic hydroxyl groups is 1. The fraction of sp³-hybridized carbons (Fsp3) is 0.500. The quantitative estimate of drug-likeness (QED) is 0.445. The van der Waals surface area contributed by atoms with Crippen molar-refractivity contribution in [3.8, 4) is 5.69 Å². The first-order chi connectivity index (χ1) is 15.7. The number of hydrogen-bond donors (Lipinski definition) is 3. The van der Waals surface area contributed by atoms with Crippen LogP contribution >= 0.6 is 11.6 Å². The largest absolute Gasteiger partial charge is 0.373 e. The van der Waals surface area contributed by atoms with Crippen LogP contribution in [-0.2, 0) is 0 Å². The highest BCUT2D eigenvalue weighted by molar-refractivity contribution is 6.33. The SMILES string of the molecule is CCNC(=O)n1c(=O)c(C)nn(-c2ccc(Cl)c(C(=O)NC(O)C3CCCCCC3)c2)c1=O. The van der Waals surface area contributed by atoms with E-state index < -0.39 is 29.4 Å². The normalized spacial score (nSPS) is 15.5. The molecule has 2 aromatic rings. The van der Waals surface area contributed by atoms with Crippen molar-refractivity contribution in [3.05, 3.63) is 55.3 Å². The third-order valence-electron chi connectivity index (χ3n) is 5.73. The fourth-order valence-corrected chi connectivity index (χ4v) is 4.14. The van der Waals surface area contributed by atoms with Crippen LogP contribution in [0.5, 0.6) is 0 Å². The lowest BCUT2D eigenvalue weighted by atomic mass is 9.98. The average Bonchev–Trinajstić information content (AvgIpc) is 3.07. The predicted octanol–water partition coefficient (Wildman–Crippen LogP) is 1.95. The maximum Gasteiger partial charge on any atom is 0.360 e. The first-order valence-electron chi connectivity index (χ1n) is 11.0. The number of benzene rings is 1. The Kier molecular flexibility index (Phi) is 8.04. The van der Waals surface area contributed by atoms with E-state index in [1.807, 2.05) is 0 Å². The van der Waals surface area contributed by atoms with Gasteiger partial charge in [0.1, 0.15) is 11.9 Å². The smallest absolute Gasteiger partial charge is 0.360 e. The van der Waals surface area contributed by atoms with E-state index in [2.05, 4.69) is 15.7 Å². The topological polar surface area (TPSA) is 135 Å². The summed E-state index contributed by atoms with van der Waals surface area (Å²) in [5.41, 5.74) is -1.72. The molecule has 0 bridgehead atoms. The van der Waals surface area contributed by atoms with Crippen molar-refractivity contribution in [3.63, 3.8) is 0 Å². The number of carbonyl (C=O) groups excluding carboxylic acids is 2. The number of aromatic nitrogens is 3. The second kappa shape index (κ2) is 10.8. The van der Waals surface area contributed by atoms with E-state index in [1.165, 1.54) is 25.1 Å². The minimum atomic E-state index is -1.02. The lowest BCUT2D eigenvalue weighted by Gasteiger charge is -2.22. The molecule has 1 unspecified atom stereocenters. The summed E-state index contributed by atoms with van der Waals surface area (Å²) in [6.07, 6.45) is 4.88. The van der Waals surface area contributed by atoms with E-state index >= 15 is 0 Å². The highest BCUT2D eigenvalue weighted by Gasteiger charge is 2.24. The lowest BCUT2D eigenvalue weighted by Crippen LogP contribution is -2.49. The molecule has 11 heteroatoms. The van der Waals surface area contributed by atoms with E-state index in [0.717, 1.165) is 43.2 Å². The molecular formula is C22H28ClN5O5. The highest BCUT2D eigenvalue weighted by Crippen LogP contribution is 2.25. The van der Waals surface area contributed by atoms with Gasteiger partial charge in [-0.15, -0.1) is 0 Å². The molecule has 1 atom stereocenters. The molecular weight excluding hydrogens is 450 g/mol. The van der Waals surface area contributed by atoms with Crippen molar-refractivity contribution < 1.29 is 14.7 Å². The van der Waals surface area contributed by atoms with Crippen molar-refractivity contribution >= 4 is 23.5 Å². The number of carbonyl (C=O) groups is 2. The number of rotatable bonds is 5. The second-order valence-corrected chi connectivity index (χ2v) is 8.50. The Morgan fingerprint density at radius 2 is 1.88 bits per heavy atom. The van der Waals surface area contributed by atoms with Crippen LogP contribution in [0.4, 0.5) is 4.79 Å². The molecule has 3 N–H and O–H groups in total. The molecule has 10 nitrogen and oxygen atoms in total. The Morgan fingerprint density at radius 1 is 1.21 bits per heavy atom. The van der Waals surface area contributed by atoms with Gasteiger partial charge < -0.3 is 15.7 Å². The highest BCUT2D eigenvalue weighted by atomic mass is 35.5. The maximum absolute atomic E-state index is 12.9. The van der Waals surface area contributed by atoms with Gasteiger partial charge in [0.05, 0.1) is 16.3 Å². The van der Waals surface area contributed by atoms with Gasteiger partial charge >= 0.3 is 11.7 Å². The van der Waals surface area contributed by atoms with Crippen molar-refractivity contribution in [2.45, 2.75) is 58.6 Å². The van der Waals surface area contributed by atoms with Crippen LogP contribution in [0.3, 0.4) is 0 Å². The van der Waals surface area contributed by atoms with Gasteiger partial charge in [-0.25, -0.2) is 9.59 Å². The Balaban J connectivity index is 1.94. The van der Waals surface area contributed by atoms with Crippen LogP contribution in [-0.4, -0.2) is 44.2 Å². The molecule has 33 heavy (non-hydrogen) atoms. The molecule has 2 amide bonds. The zero-order valence-corrected chi connectivity index (χ0v) is 19.4. The first-order valence-corrected chi connectivity index (χ1v) is 11.4. The molecule has 3 rings (SSSR count). The number of hydrogen-bond acceptors (Lipinski definition) is 6. The summed E-state index contributed by atoms with van der Waals surface area (Å²) in [4.78, 5) is 50.3. The molecule has 0 saturated heterocycles. The van der Waals surface area contributed by atoms with Gasteiger partial charge in [0.2, 0.25) is 0 Å². The third-order valence-corrected chi connectivity index (χ3v) is 6.06. The number of nitrogens with zero attached hydrogens (tertiary/aromatic N) is 3. The number of aliphatic hydroxyl groups excluding tert-OH is 1. The average molecular weight is 478 g/mol. The Bertz CT molecular complexity index is 1150. The zero-order chi connectivity index (χ0) is 24.1. The zero-order valence-electron chi connectivity index (χ0n) is 18.6. The van der Waals surface area contributed by atoms with Crippen molar-refractivity contribution in [2.24, 2.45) is 5.92 Å². The van der Waals surface area contributed by atoms with Gasteiger partial charge in [-0.05, 0) is 44.9 Å². The number of halogens is 1. The van der Waals surface area contributed by atoms with E-state index in [4.69, 9.17) is 11.6 Å². The standard InChI is InChI=1S/C22H28ClN5O5/c1-3-24-21(32)27-20(31)13(2)26-28(22(27)33)15-10-11-17(23)16(12-15)19(30)25-18(29)14-8-6-4-5-7-9-14/h10-12,14,18,29H,3-9H2,1-2H3,(H,24,32)(H,25,30). The number of amides is 2. The molecule has 178 valence electrons. The van der Waals surface area contributed by atoms with Crippen LogP contribution in [0.1, 0.15) is 61.5 Å². The molecule has 0 spiro atoms. The molecule has 1 aromatic carbocycles. The van der Waals surface area contributed by atoms with Gasteiger partial charge in [0.25, 0.3) is 11.5 Å². The summed E-state index contributed by atoms with van der Waals surface area (Å²) in [5, 5.41) is 19.7. The molecule has 1 saturated carbocycles. The molecule has 1 heterocycles. The summed E-state index contributed by atoms with van der Waals surface area (Å²) in [6, 6.07) is 3.32. The summed E-state index contributed by atoms with van der Waals surface area (Å²) in [6.45, 7) is 3.25. The van der Waals surface area contributed by atoms with E-state index in [-0.39, 0.29) is 34.4 Å². The van der Waals surface area contributed by atoms with Crippen LogP contribution < -0.4 is 21.9 Å². The van der Waals surface area contributed by atoms with Gasteiger partial charge in [0.15, 0.2) is 0 Å².